The number of aromatic amines is 1. The van der Waals surface area contributed by atoms with E-state index in [2.05, 4.69) is 53.3 Å². The maximum Gasteiger partial charge on any atom is 0.0455 e. The van der Waals surface area contributed by atoms with Crippen LogP contribution < -0.4 is 10.2 Å². The first-order valence-electron chi connectivity index (χ1n) is 7.78. The minimum Gasteiger partial charge on any atom is -0.368 e. The van der Waals surface area contributed by atoms with E-state index in [1.807, 2.05) is 6.20 Å². The Morgan fingerprint density at radius 3 is 2.75 bits per heavy atom. The number of hydrogen-bond acceptors (Lipinski definition) is 2. The lowest BCUT2D eigenvalue weighted by Gasteiger charge is -2.37. The number of fused-ring (bicyclic) bond motifs is 1. The van der Waals surface area contributed by atoms with E-state index in [1.165, 1.54) is 29.4 Å². The predicted octanol–water partition coefficient (Wildman–Crippen LogP) is 3.38. The van der Waals surface area contributed by atoms with Crippen LogP contribution in [-0.4, -0.2) is 30.7 Å². The highest BCUT2D eigenvalue weighted by Gasteiger charge is 2.22. The molecule has 0 unspecified atom stereocenters. The van der Waals surface area contributed by atoms with E-state index in [4.69, 9.17) is 0 Å². The number of aromatic nitrogens is 1. The van der Waals surface area contributed by atoms with Crippen molar-refractivity contribution in [3.63, 3.8) is 0 Å². The highest BCUT2D eigenvalue weighted by Crippen LogP contribution is 2.26. The Balaban J connectivity index is 1.89. The van der Waals surface area contributed by atoms with Crippen LogP contribution in [0.5, 0.6) is 0 Å². The van der Waals surface area contributed by atoms with Gasteiger partial charge in [-0.3, -0.25) is 0 Å². The first-order chi connectivity index (χ1) is 9.74. The number of anilines is 1. The molecule has 20 heavy (non-hydrogen) atoms. The lowest BCUT2D eigenvalue weighted by Crippen LogP contribution is -2.44. The van der Waals surface area contributed by atoms with Gasteiger partial charge >= 0.3 is 0 Å². The molecule has 1 saturated heterocycles. The molecule has 0 saturated carbocycles. The van der Waals surface area contributed by atoms with Crippen LogP contribution in [0.3, 0.4) is 0 Å². The molecule has 0 spiro atoms. The number of nitrogens with zero attached hydrogens (tertiary/aromatic N) is 1. The first kappa shape index (κ1) is 13.5. The van der Waals surface area contributed by atoms with Crippen LogP contribution in [0.15, 0.2) is 30.5 Å². The summed E-state index contributed by atoms with van der Waals surface area (Å²) in [6.07, 6.45) is 4.52. The molecule has 2 N–H and O–H groups in total. The quantitative estimate of drug-likeness (QED) is 0.893. The highest BCUT2D eigenvalue weighted by molar-refractivity contribution is 5.83. The molecule has 3 heteroatoms. The molecule has 1 aromatic heterocycles. The Hall–Kier alpha value is -1.48. The molecule has 2 aromatic rings. The number of piperidine rings is 1. The van der Waals surface area contributed by atoms with Crippen LogP contribution in [0, 0.1) is 5.92 Å². The van der Waals surface area contributed by atoms with Gasteiger partial charge in [0.1, 0.15) is 0 Å². The third kappa shape index (κ3) is 2.83. The van der Waals surface area contributed by atoms with Crippen molar-refractivity contribution in [2.45, 2.75) is 32.7 Å². The third-order valence-electron chi connectivity index (χ3n) is 4.18. The summed E-state index contributed by atoms with van der Waals surface area (Å²) in [5, 5.41) is 4.78. The average Bonchev–Trinajstić information content (AvgIpc) is 2.93. The second kappa shape index (κ2) is 5.88. The molecule has 0 radical (unpaired) electrons. The van der Waals surface area contributed by atoms with Crippen LogP contribution >= 0.6 is 0 Å². The fourth-order valence-electron chi connectivity index (χ4n) is 3.20. The van der Waals surface area contributed by atoms with Crippen molar-refractivity contribution in [3.05, 3.63) is 30.5 Å². The Labute approximate surface area is 121 Å². The van der Waals surface area contributed by atoms with Crippen molar-refractivity contribution in [1.82, 2.24) is 10.3 Å². The molecule has 0 atom stereocenters. The monoisotopic (exact) mass is 271 g/mol. The Morgan fingerprint density at radius 2 is 2.00 bits per heavy atom. The number of nitrogens with one attached hydrogen (secondary N) is 2. The first-order valence-corrected chi connectivity index (χ1v) is 7.78. The van der Waals surface area contributed by atoms with Gasteiger partial charge in [0.25, 0.3) is 0 Å². The van der Waals surface area contributed by atoms with E-state index in [1.54, 1.807) is 0 Å². The van der Waals surface area contributed by atoms with Crippen molar-refractivity contribution < 1.29 is 0 Å². The maximum absolute atomic E-state index is 3.47. The number of H-pyrrole nitrogens is 1. The van der Waals surface area contributed by atoms with Crippen LogP contribution in [0.2, 0.25) is 0 Å². The van der Waals surface area contributed by atoms with E-state index in [-0.39, 0.29) is 0 Å². The molecule has 0 aliphatic carbocycles. The molecule has 3 rings (SSSR count). The van der Waals surface area contributed by atoms with Crippen molar-refractivity contribution in [2.75, 3.05) is 24.5 Å². The Bertz CT molecular complexity index is 552. The second-order valence-electron chi connectivity index (χ2n) is 6.28. The van der Waals surface area contributed by atoms with Gasteiger partial charge < -0.3 is 15.2 Å². The molecule has 3 nitrogen and oxygen atoms in total. The lowest BCUT2D eigenvalue weighted by atomic mass is 10.0. The van der Waals surface area contributed by atoms with Crippen molar-refractivity contribution in [1.29, 1.82) is 0 Å². The average molecular weight is 271 g/mol. The van der Waals surface area contributed by atoms with E-state index in [9.17, 15) is 0 Å². The second-order valence-corrected chi connectivity index (χ2v) is 6.28. The van der Waals surface area contributed by atoms with E-state index in [0.717, 1.165) is 19.6 Å². The smallest absolute Gasteiger partial charge is 0.0455 e. The zero-order chi connectivity index (χ0) is 13.9. The fraction of sp³-hybridized carbons (Fsp3) is 0.529. The van der Waals surface area contributed by atoms with Crippen LogP contribution in [0.25, 0.3) is 10.9 Å². The summed E-state index contributed by atoms with van der Waals surface area (Å²) in [6, 6.07) is 9.64. The zero-order valence-electron chi connectivity index (χ0n) is 12.5. The normalized spacial score (nSPS) is 16.9. The fourth-order valence-corrected chi connectivity index (χ4v) is 3.20. The van der Waals surface area contributed by atoms with Crippen LogP contribution in [0.4, 0.5) is 5.69 Å². The van der Waals surface area contributed by atoms with Gasteiger partial charge in [-0.1, -0.05) is 13.8 Å². The third-order valence-corrected chi connectivity index (χ3v) is 4.18. The standard InChI is InChI=1S/C17H25N3/c1-13(2)12-20(15-6-8-18-9-7-15)16-3-4-17-14(11-16)5-10-19-17/h3-5,10-11,13,15,18-19H,6-9,12H2,1-2H3. The molecule has 2 heterocycles. The Kier molecular flexibility index (Phi) is 3.97. The summed E-state index contributed by atoms with van der Waals surface area (Å²) in [7, 11) is 0. The van der Waals surface area contributed by atoms with E-state index >= 15 is 0 Å². The largest absolute Gasteiger partial charge is 0.368 e. The maximum atomic E-state index is 3.47. The lowest BCUT2D eigenvalue weighted by molar-refractivity contribution is 0.415. The minimum absolute atomic E-state index is 0.676. The summed E-state index contributed by atoms with van der Waals surface area (Å²) in [6.45, 7) is 8.05. The number of hydrogen-bond donors (Lipinski definition) is 2. The van der Waals surface area contributed by atoms with Gasteiger partial charge in [0.05, 0.1) is 0 Å². The number of benzene rings is 1. The van der Waals surface area contributed by atoms with Gasteiger partial charge in [-0.15, -0.1) is 0 Å². The summed E-state index contributed by atoms with van der Waals surface area (Å²) in [5.41, 5.74) is 2.60. The summed E-state index contributed by atoms with van der Waals surface area (Å²) in [5.74, 6) is 0.687. The molecule has 1 aliphatic heterocycles. The zero-order valence-corrected chi connectivity index (χ0v) is 12.5. The number of rotatable bonds is 4. The Morgan fingerprint density at radius 1 is 1.20 bits per heavy atom. The summed E-state index contributed by atoms with van der Waals surface area (Å²) < 4.78 is 0. The van der Waals surface area contributed by atoms with Gasteiger partial charge in [0, 0.05) is 35.4 Å². The van der Waals surface area contributed by atoms with Crippen molar-refractivity contribution >= 4 is 16.6 Å². The SMILES string of the molecule is CC(C)CN(c1ccc2[nH]ccc2c1)C1CCNCC1. The van der Waals surface area contributed by atoms with Crippen LogP contribution in [-0.2, 0) is 0 Å². The van der Waals surface area contributed by atoms with E-state index < -0.39 is 0 Å². The molecule has 0 amide bonds. The van der Waals surface area contributed by atoms with Crippen molar-refractivity contribution in [2.24, 2.45) is 5.92 Å². The molecule has 1 aromatic carbocycles. The summed E-state index contributed by atoms with van der Waals surface area (Å²) in [4.78, 5) is 5.90. The molecule has 108 valence electrons. The molecule has 1 fully saturated rings. The van der Waals surface area contributed by atoms with Gasteiger partial charge in [-0.2, -0.15) is 0 Å². The van der Waals surface area contributed by atoms with Gasteiger partial charge in [-0.25, -0.2) is 0 Å². The molecule has 1 aliphatic rings. The summed E-state index contributed by atoms with van der Waals surface area (Å²) >= 11 is 0. The van der Waals surface area contributed by atoms with Crippen LogP contribution in [0.1, 0.15) is 26.7 Å². The molecular formula is C17H25N3. The topological polar surface area (TPSA) is 31.1 Å². The van der Waals surface area contributed by atoms with Gasteiger partial charge in [0.15, 0.2) is 0 Å². The highest BCUT2D eigenvalue weighted by atomic mass is 15.2. The van der Waals surface area contributed by atoms with Gasteiger partial charge in [0.2, 0.25) is 0 Å². The van der Waals surface area contributed by atoms with Crippen molar-refractivity contribution in [3.8, 4) is 0 Å². The van der Waals surface area contributed by atoms with E-state index in [0.29, 0.717) is 12.0 Å². The molecular weight excluding hydrogens is 246 g/mol. The minimum atomic E-state index is 0.676. The predicted molar refractivity (Wildman–Crippen MR) is 86.4 cm³/mol. The van der Waals surface area contributed by atoms with Gasteiger partial charge in [-0.05, 0) is 56.1 Å². The molecule has 0 bridgehead atoms.